The Hall–Kier alpha value is -2.59. The number of benzene rings is 3. The molecular weight excluding hydrogens is 387 g/mol. The summed E-state index contributed by atoms with van der Waals surface area (Å²) in [6.07, 6.45) is 0.0294. The van der Waals surface area contributed by atoms with Crippen molar-refractivity contribution >= 4 is 7.60 Å². The Morgan fingerprint density at radius 2 is 1.17 bits per heavy atom. The van der Waals surface area contributed by atoms with E-state index in [1.165, 1.54) is 0 Å². The second-order valence-corrected chi connectivity index (χ2v) is 8.96. The van der Waals surface area contributed by atoms with Crippen LogP contribution in [-0.2, 0) is 19.9 Å². The normalized spacial score (nSPS) is 11.8. The van der Waals surface area contributed by atoms with Gasteiger partial charge in [0.25, 0.3) is 0 Å². The van der Waals surface area contributed by atoms with Crippen LogP contribution >= 0.6 is 7.60 Å². The van der Waals surface area contributed by atoms with Crippen molar-refractivity contribution in [3.63, 3.8) is 0 Å². The van der Waals surface area contributed by atoms with E-state index < -0.39 is 13.2 Å². The van der Waals surface area contributed by atoms with Crippen molar-refractivity contribution in [3.8, 4) is 11.5 Å². The summed E-state index contributed by atoms with van der Waals surface area (Å²) in [5, 5.41) is 0. The lowest BCUT2D eigenvalue weighted by Gasteiger charge is -2.25. The van der Waals surface area contributed by atoms with Gasteiger partial charge >= 0.3 is 7.60 Å². The molecule has 0 amide bonds. The van der Waals surface area contributed by atoms with E-state index in [1.54, 1.807) is 24.3 Å². The lowest BCUT2D eigenvalue weighted by molar-refractivity contribution is -0.355. The van der Waals surface area contributed by atoms with E-state index in [0.717, 1.165) is 5.56 Å². The molecule has 3 rings (SSSR count). The molecule has 6 heteroatoms. The van der Waals surface area contributed by atoms with Gasteiger partial charge in [0, 0.05) is 0 Å². The number of para-hydroxylation sites is 2. The van der Waals surface area contributed by atoms with Crippen molar-refractivity contribution in [2.75, 3.05) is 12.8 Å². The van der Waals surface area contributed by atoms with Crippen LogP contribution in [0.1, 0.15) is 19.4 Å². The van der Waals surface area contributed by atoms with Crippen LogP contribution in [0.25, 0.3) is 0 Å². The van der Waals surface area contributed by atoms with E-state index in [0.29, 0.717) is 11.5 Å². The molecule has 0 heterocycles. The first-order valence-corrected chi connectivity index (χ1v) is 11.1. The van der Waals surface area contributed by atoms with E-state index in [1.807, 2.05) is 80.6 Å². The summed E-state index contributed by atoms with van der Waals surface area (Å²) >= 11 is 0. The highest BCUT2D eigenvalue weighted by Gasteiger charge is 2.29. The Bertz CT molecular complexity index is 868. The van der Waals surface area contributed by atoms with Crippen LogP contribution in [-0.4, -0.2) is 12.8 Å². The van der Waals surface area contributed by atoms with Gasteiger partial charge in [0.2, 0.25) is 0 Å². The Balaban J connectivity index is 1.63. The smallest absolute Gasteiger partial charge is 0.416 e. The first-order valence-electron chi connectivity index (χ1n) is 9.41. The van der Waals surface area contributed by atoms with Gasteiger partial charge in [-0.3, -0.25) is 0 Å². The largest absolute Gasteiger partial charge is 0.433 e. The molecule has 0 unspecified atom stereocenters. The van der Waals surface area contributed by atoms with Gasteiger partial charge in [-0.2, -0.15) is 0 Å². The summed E-state index contributed by atoms with van der Waals surface area (Å²) in [5.41, 5.74) is 0.329. The zero-order chi connectivity index (χ0) is 20.6. The van der Waals surface area contributed by atoms with Crippen LogP contribution in [0.4, 0.5) is 0 Å². The average Bonchev–Trinajstić information content (AvgIpc) is 2.73. The summed E-state index contributed by atoms with van der Waals surface area (Å²) in [5.74, 6) is 0.939. The van der Waals surface area contributed by atoms with Crippen LogP contribution in [0.3, 0.4) is 0 Å². The van der Waals surface area contributed by atoms with E-state index in [-0.39, 0.29) is 12.8 Å². The van der Waals surface area contributed by atoms with Crippen molar-refractivity contribution in [1.82, 2.24) is 0 Å². The van der Waals surface area contributed by atoms with Gasteiger partial charge in [-0.05, 0) is 43.7 Å². The van der Waals surface area contributed by atoms with Crippen LogP contribution in [0.15, 0.2) is 91.0 Å². The molecule has 0 aromatic heterocycles. The summed E-state index contributed by atoms with van der Waals surface area (Å²) in [6.45, 7) is 3.86. The predicted octanol–water partition coefficient (Wildman–Crippen LogP) is 6.22. The van der Waals surface area contributed by atoms with Gasteiger partial charge < -0.3 is 9.05 Å². The molecule has 0 spiro atoms. The average molecular weight is 412 g/mol. The van der Waals surface area contributed by atoms with Gasteiger partial charge in [-0.1, -0.05) is 66.7 Å². The molecule has 3 aromatic carbocycles. The maximum Gasteiger partial charge on any atom is 0.433 e. The van der Waals surface area contributed by atoms with Gasteiger partial charge in [0.05, 0.1) is 12.8 Å². The molecule has 0 bridgehead atoms. The molecule has 0 atom stereocenters. The maximum absolute atomic E-state index is 13.4. The highest BCUT2D eigenvalue weighted by atomic mass is 31.2. The molecule has 0 N–H and O–H groups in total. The second-order valence-electron chi connectivity index (χ2n) is 6.92. The molecule has 0 saturated carbocycles. The lowest BCUT2D eigenvalue weighted by Crippen LogP contribution is -2.23. The van der Waals surface area contributed by atoms with E-state index in [4.69, 9.17) is 18.8 Å². The van der Waals surface area contributed by atoms with Crippen LogP contribution < -0.4 is 9.05 Å². The fourth-order valence-corrected chi connectivity index (χ4v) is 4.02. The molecule has 0 saturated heterocycles. The van der Waals surface area contributed by atoms with Crippen molar-refractivity contribution in [2.45, 2.75) is 19.4 Å². The van der Waals surface area contributed by atoms with E-state index in [2.05, 4.69) is 0 Å². The lowest BCUT2D eigenvalue weighted by atomic mass is 9.99. The zero-order valence-corrected chi connectivity index (χ0v) is 17.5. The molecule has 5 nitrogen and oxygen atoms in total. The topological polar surface area (TPSA) is 54.0 Å². The molecule has 3 aromatic rings. The fourth-order valence-electron chi connectivity index (χ4n) is 2.62. The number of hydrogen-bond acceptors (Lipinski definition) is 5. The van der Waals surface area contributed by atoms with Crippen LogP contribution in [0, 0.1) is 0 Å². The number of rotatable bonds is 10. The number of hydrogen-bond donors (Lipinski definition) is 0. The van der Waals surface area contributed by atoms with Crippen LogP contribution in [0.2, 0.25) is 0 Å². The molecule has 29 heavy (non-hydrogen) atoms. The Morgan fingerprint density at radius 1 is 0.724 bits per heavy atom. The van der Waals surface area contributed by atoms with Gasteiger partial charge in [0.1, 0.15) is 17.1 Å². The van der Waals surface area contributed by atoms with Gasteiger partial charge in [-0.15, -0.1) is 0 Å². The molecule has 0 fully saturated rings. The minimum atomic E-state index is -3.52. The molecule has 0 aliphatic heterocycles. The highest BCUT2D eigenvalue weighted by molar-refractivity contribution is 7.54. The van der Waals surface area contributed by atoms with E-state index >= 15 is 0 Å². The minimum absolute atomic E-state index is 0.0294. The van der Waals surface area contributed by atoms with Crippen molar-refractivity contribution < 1.29 is 23.4 Å². The monoisotopic (exact) mass is 412 g/mol. The van der Waals surface area contributed by atoms with Gasteiger partial charge in [0.15, 0.2) is 0 Å². The third-order valence-electron chi connectivity index (χ3n) is 4.16. The Labute approximate surface area is 171 Å². The minimum Gasteiger partial charge on any atom is -0.416 e. The molecule has 0 radical (unpaired) electrons. The summed E-state index contributed by atoms with van der Waals surface area (Å²) in [6, 6.07) is 27.6. The Morgan fingerprint density at radius 3 is 1.66 bits per heavy atom. The predicted molar refractivity (Wildman–Crippen MR) is 113 cm³/mol. The van der Waals surface area contributed by atoms with Crippen molar-refractivity contribution in [1.29, 1.82) is 0 Å². The maximum atomic E-state index is 13.4. The van der Waals surface area contributed by atoms with Gasteiger partial charge in [-0.25, -0.2) is 14.3 Å². The van der Waals surface area contributed by atoms with Crippen molar-refractivity contribution in [2.24, 2.45) is 0 Å². The fraction of sp³-hybridized carbons (Fsp3) is 0.217. The summed E-state index contributed by atoms with van der Waals surface area (Å²) in [4.78, 5) is 11.0. The first kappa shape index (κ1) is 21.1. The Kier molecular flexibility index (Phi) is 7.10. The second kappa shape index (κ2) is 9.75. The summed E-state index contributed by atoms with van der Waals surface area (Å²) < 4.78 is 24.8. The SMILES string of the molecule is CC(C)(OOCCP(=O)(Oc1ccccc1)Oc1ccccc1)c1ccccc1. The molecule has 152 valence electrons. The third-order valence-corrected chi connectivity index (χ3v) is 5.87. The quantitative estimate of drug-likeness (QED) is 0.171. The molecule has 0 aliphatic carbocycles. The van der Waals surface area contributed by atoms with Crippen LogP contribution in [0.5, 0.6) is 11.5 Å². The highest BCUT2D eigenvalue weighted by Crippen LogP contribution is 2.48. The molecular formula is C23H25O5P. The summed E-state index contributed by atoms with van der Waals surface area (Å²) in [7, 11) is -3.52. The molecule has 0 aliphatic rings. The van der Waals surface area contributed by atoms with Crippen molar-refractivity contribution in [3.05, 3.63) is 96.6 Å². The first-order chi connectivity index (χ1) is 14.0. The zero-order valence-electron chi connectivity index (χ0n) is 16.6. The van der Waals surface area contributed by atoms with E-state index in [9.17, 15) is 4.57 Å². The standard InChI is InChI=1S/C23H25O5P/c1-23(2,20-12-6-3-7-13-20)28-25-18-19-29(24,26-21-14-8-4-9-15-21)27-22-16-10-5-11-17-22/h3-17H,18-19H2,1-2H3. The third kappa shape index (κ3) is 6.47.